The number of ether oxygens (including phenoxy) is 1. The molecule has 1 fully saturated rings. The van der Waals surface area contributed by atoms with E-state index in [2.05, 4.69) is 5.32 Å². The molecule has 1 N–H and O–H groups in total. The zero-order valence-electron chi connectivity index (χ0n) is 23.9. The molecule has 0 saturated heterocycles. The summed E-state index contributed by atoms with van der Waals surface area (Å²) in [6, 6.07) is 14.6. The van der Waals surface area contributed by atoms with E-state index < -0.39 is 34.3 Å². The summed E-state index contributed by atoms with van der Waals surface area (Å²) < 4.78 is 48.0. The van der Waals surface area contributed by atoms with Gasteiger partial charge < -0.3 is 15.0 Å². The Morgan fingerprint density at radius 1 is 1.00 bits per heavy atom. The van der Waals surface area contributed by atoms with Crippen LogP contribution in [0, 0.1) is 5.82 Å². The van der Waals surface area contributed by atoms with Crippen molar-refractivity contribution in [2.45, 2.75) is 63.1 Å². The Kier molecular flexibility index (Phi) is 10.9. The molecular formula is C31H34Cl2FN3O5S. The van der Waals surface area contributed by atoms with E-state index in [1.54, 1.807) is 25.1 Å². The lowest BCUT2D eigenvalue weighted by Gasteiger charge is -2.32. The maximum atomic E-state index is 14.0. The number of nitrogens with one attached hydrogen (secondary N) is 1. The number of hydrogen-bond donors (Lipinski definition) is 1. The summed E-state index contributed by atoms with van der Waals surface area (Å²) in [4.78, 5) is 28.6. The van der Waals surface area contributed by atoms with Crippen molar-refractivity contribution in [2.24, 2.45) is 0 Å². The molecule has 1 aliphatic rings. The van der Waals surface area contributed by atoms with Crippen molar-refractivity contribution in [2.75, 3.05) is 17.5 Å². The van der Waals surface area contributed by atoms with Crippen LogP contribution in [0.25, 0.3) is 0 Å². The summed E-state index contributed by atoms with van der Waals surface area (Å²) in [6.45, 7) is 3.14. The SMILES string of the molecule is CCOc1ccc(S(=O)(=O)N(CC(=O)N(Cc2ccc(Cl)c(Cl)c2)C(C)C(=O)NC2CCCC2)c2ccc(F)cc2)cc1. The van der Waals surface area contributed by atoms with E-state index in [0.29, 0.717) is 22.9 Å². The molecule has 0 aromatic heterocycles. The fourth-order valence-corrected chi connectivity index (χ4v) is 6.68. The fraction of sp³-hybridized carbons (Fsp3) is 0.355. The topological polar surface area (TPSA) is 96.0 Å². The van der Waals surface area contributed by atoms with Crippen LogP contribution in [0.4, 0.5) is 10.1 Å². The Morgan fingerprint density at radius 2 is 1.65 bits per heavy atom. The molecule has 0 aliphatic heterocycles. The second-order valence-corrected chi connectivity index (χ2v) is 13.0. The van der Waals surface area contributed by atoms with Gasteiger partial charge in [-0.3, -0.25) is 13.9 Å². The number of anilines is 1. The van der Waals surface area contributed by atoms with Gasteiger partial charge in [0.2, 0.25) is 11.8 Å². The first-order chi connectivity index (χ1) is 20.5. The molecule has 0 radical (unpaired) electrons. The minimum absolute atomic E-state index is 0.0210. The van der Waals surface area contributed by atoms with Gasteiger partial charge in [0.25, 0.3) is 10.0 Å². The Hall–Kier alpha value is -3.34. The molecule has 0 bridgehead atoms. The Bertz CT molecular complexity index is 1530. The molecule has 1 aliphatic carbocycles. The van der Waals surface area contributed by atoms with Crippen molar-refractivity contribution < 1.29 is 27.1 Å². The predicted octanol–water partition coefficient (Wildman–Crippen LogP) is 6.20. The second-order valence-electron chi connectivity index (χ2n) is 10.3. The standard InChI is InChI=1S/C31H34Cl2FN3O5S/c1-3-42-26-13-15-27(16-14-26)43(40,41)37(25-11-9-23(34)10-12-25)20-30(38)36(19-22-8-17-28(32)29(33)18-22)21(2)31(39)35-24-6-4-5-7-24/h8-18,21,24H,3-7,19-20H2,1-2H3,(H,35,39). The number of nitrogens with zero attached hydrogens (tertiary/aromatic N) is 2. The van der Waals surface area contributed by atoms with Crippen LogP contribution in [0.15, 0.2) is 71.6 Å². The molecule has 2 amide bonds. The van der Waals surface area contributed by atoms with Gasteiger partial charge in [0.1, 0.15) is 24.2 Å². The lowest BCUT2D eigenvalue weighted by molar-refractivity contribution is -0.139. The van der Waals surface area contributed by atoms with Crippen LogP contribution >= 0.6 is 23.2 Å². The zero-order chi connectivity index (χ0) is 31.1. The van der Waals surface area contributed by atoms with Gasteiger partial charge in [-0.1, -0.05) is 42.1 Å². The third-order valence-electron chi connectivity index (χ3n) is 7.32. The Morgan fingerprint density at radius 3 is 2.26 bits per heavy atom. The maximum Gasteiger partial charge on any atom is 0.264 e. The maximum absolute atomic E-state index is 14.0. The van der Waals surface area contributed by atoms with Gasteiger partial charge in [-0.05, 0) is 92.9 Å². The van der Waals surface area contributed by atoms with Crippen LogP contribution in [0.5, 0.6) is 5.75 Å². The van der Waals surface area contributed by atoms with E-state index in [1.165, 1.54) is 41.3 Å². The molecule has 0 spiro atoms. The third-order valence-corrected chi connectivity index (χ3v) is 9.85. The van der Waals surface area contributed by atoms with Gasteiger partial charge >= 0.3 is 0 Å². The minimum atomic E-state index is -4.31. The first-order valence-electron chi connectivity index (χ1n) is 14.0. The van der Waals surface area contributed by atoms with Crippen LogP contribution in [-0.4, -0.2) is 50.4 Å². The summed E-state index contributed by atoms with van der Waals surface area (Å²) in [7, 11) is -4.31. The molecule has 12 heteroatoms. The van der Waals surface area contributed by atoms with Crippen LogP contribution < -0.4 is 14.4 Å². The normalized spacial score (nSPS) is 14.3. The predicted molar refractivity (Wildman–Crippen MR) is 165 cm³/mol. The molecule has 0 heterocycles. The van der Waals surface area contributed by atoms with Crippen LogP contribution in [0.2, 0.25) is 10.0 Å². The molecule has 43 heavy (non-hydrogen) atoms. The summed E-state index contributed by atoms with van der Waals surface area (Å²) in [6.07, 6.45) is 3.75. The first-order valence-corrected chi connectivity index (χ1v) is 16.2. The van der Waals surface area contributed by atoms with Crippen molar-refractivity contribution in [1.82, 2.24) is 10.2 Å². The van der Waals surface area contributed by atoms with Gasteiger partial charge in [0.15, 0.2) is 0 Å². The van der Waals surface area contributed by atoms with Crippen molar-refractivity contribution in [3.05, 3.63) is 88.2 Å². The van der Waals surface area contributed by atoms with Crippen molar-refractivity contribution >= 4 is 50.7 Å². The van der Waals surface area contributed by atoms with Gasteiger partial charge in [-0.2, -0.15) is 0 Å². The molecule has 1 unspecified atom stereocenters. The number of carbonyl (C=O) groups is 2. The minimum Gasteiger partial charge on any atom is -0.494 e. The highest BCUT2D eigenvalue weighted by molar-refractivity contribution is 7.92. The monoisotopic (exact) mass is 649 g/mol. The number of rotatable bonds is 12. The Balaban J connectivity index is 1.68. The zero-order valence-corrected chi connectivity index (χ0v) is 26.3. The number of halogens is 3. The molecule has 230 valence electrons. The van der Waals surface area contributed by atoms with E-state index in [0.717, 1.165) is 42.1 Å². The molecule has 1 atom stereocenters. The number of amides is 2. The highest BCUT2D eigenvalue weighted by Crippen LogP contribution is 2.28. The van der Waals surface area contributed by atoms with E-state index in [9.17, 15) is 22.4 Å². The lowest BCUT2D eigenvalue weighted by Crippen LogP contribution is -2.52. The number of sulfonamides is 1. The summed E-state index contributed by atoms with van der Waals surface area (Å²) in [5.41, 5.74) is 0.687. The van der Waals surface area contributed by atoms with E-state index >= 15 is 0 Å². The molecular weight excluding hydrogens is 616 g/mol. The van der Waals surface area contributed by atoms with Crippen molar-refractivity contribution in [3.63, 3.8) is 0 Å². The molecule has 8 nitrogen and oxygen atoms in total. The van der Waals surface area contributed by atoms with Crippen LogP contribution in [-0.2, 0) is 26.2 Å². The molecule has 3 aromatic carbocycles. The molecule has 3 aromatic rings. The summed E-state index contributed by atoms with van der Waals surface area (Å²) in [5, 5.41) is 3.63. The quantitative estimate of drug-likeness (QED) is 0.252. The summed E-state index contributed by atoms with van der Waals surface area (Å²) >= 11 is 12.3. The highest BCUT2D eigenvalue weighted by Gasteiger charge is 2.33. The second kappa shape index (κ2) is 14.4. The van der Waals surface area contributed by atoms with E-state index in [4.69, 9.17) is 27.9 Å². The number of carbonyl (C=O) groups excluding carboxylic acids is 2. The largest absolute Gasteiger partial charge is 0.494 e. The average Bonchev–Trinajstić information content (AvgIpc) is 3.50. The van der Waals surface area contributed by atoms with Crippen molar-refractivity contribution in [1.29, 1.82) is 0 Å². The van der Waals surface area contributed by atoms with Gasteiger partial charge in [0.05, 0.1) is 27.2 Å². The summed E-state index contributed by atoms with van der Waals surface area (Å²) in [5.74, 6) is -1.06. The van der Waals surface area contributed by atoms with Crippen LogP contribution in [0.1, 0.15) is 45.1 Å². The molecule has 1 saturated carbocycles. The first kappa shape index (κ1) is 32.6. The fourth-order valence-electron chi connectivity index (χ4n) is 4.95. The van der Waals surface area contributed by atoms with E-state index in [-0.39, 0.29) is 34.1 Å². The smallest absolute Gasteiger partial charge is 0.264 e. The average molecular weight is 651 g/mol. The molecule has 4 rings (SSSR count). The van der Waals surface area contributed by atoms with Gasteiger partial charge in [0, 0.05) is 12.6 Å². The van der Waals surface area contributed by atoms with Crippen LogP contribution in [0.3, 0.4) is 0 Å². The van der Waals surface area contributed by atoms with Crippen molar-refractivity contribution in [3.8, 4) is 5.75 Å². The van der Waals surface area contributed by atoms with E-state index in [1.807, 2.05) is 6.92 Å². The lowest BCUT2D eigenvalue weighted by atomic mass is 10.1. The van der Waals surface area contributed by atoms with Gasteiger partial charge in [-0.15, -0.1) is 0 Å². The highest BCUT2D eigenvalue weighted by atomic mass is 35.5. The number of hydrogen-bond acceptors (Lipinski definition) is 5. The Labute approximate surface area is 261 Å². The number of benzene rings is 3. The van der Waals surface area contributed by atoms with Gasteiger partial charge in [-0.25, -0.2) is 12.8 Å². The third kappa shape index (κ3) is 8.19.